The van der Waals surface area contributed by atoms with Gasteiger partial charge in [-0.1, -0.05) is 29.3 Å². The second kappa shape index (κ2) is 12.2. The smallest absolute Gasteiger partial charge is 0.344 e. The number of esters is 1. The van der Waals surface area contributed by atoms with Crippen LogP contribution >= 0.6 is 35.0 Å². The third kappa shape index (κ3) is 6.71. The Labute approximate surface area is 221 Å². The number of carbonyl (C=O) groups excluding carboxylic acids is 4. The monoisotopic (exact) mass is 552 g/mol. The number of methoxy groups -OCH3 is 1. The van der Waals surface area contributed by atoms with E-state index in [1.165, 1.54) is 25.3 Å². The van der Waals surface area contributed by atoms with E-state index in [-0.39, 0.29) is 34.6 Å². The number of nitrogens with zero attached hydrogens (tertiary/aromatic N) is 1. The fraction of sp³-hybridized carbons (Fsp3) is 0.250. The highest BCUT2D eigenvalue weighted by Gasteiger charge is 2.36. The molecule has 190 valence electrons. The minimum Gasteiger partial charge on any atom is -0.493 e. The molecule has 1 heterocycles. The molecule has 3 rings (SSSR count). The summed E-state index contributed by atoms with van der Waals surface area (Å²) >= 11 is 13.0. The van der Waals surface area contributed by atoms with Crippen LogP contribution in [0.5, 0.6) is 11.5 Å². The average molecular weight is 553 g/mol. The van der Waals surface area contributed by atoms with Crippen molar-refractivity contribution >= 4 is 69.8 Å². The van der Waals surface area contributed by atoms with Gasteiger partial charge in [0, 0.05) is 10.7 Å². The molecular weight excluding hydrogens is 531 g/mol. The van der Waals surface area contributed by atoms with E-state index in [2.05, 4.69) is 5.32 Å². The first kappa shape index (κ1) is 27.4. The summed E-state index contributed by atoms with van der Waals surface area (Å²) < 4.78 is 15.5. The Balaban J connectivity index is 1.74. The van der Waals surface area contributed by atoms with E-state index in [9.17, 15) is 19.2 Å². The third-order valence-corrected chi connectivity index (χ3v) is 6.26. The Hall–Kier alpha value is -3.21. The first-order valence-corrected chi connectivity index (χ1v) is 12.2. The van der Waals surface area contributed by atoms with Crippen molar-refractivity contribution in [2.75, 3.05) is 32.2 Å². The lowest BCUT2D eigenvalue weighted by molar-refractivity contribution is -0.145. The maximum absolute atomic E-state index is 12.8. The second-order valence-corrected chi connectivity index (χ2v) is 9.24. The summed E-state index contributed by atoms with van der Waals surface area (Å²) in [5, 5.41) is 2.64. The molecule has 1 aliphatic rings. The number of benzene rings is 2. The molecule has 1 fully saturated rings. The standard InChI is InChI=1S/C24H22Cl2N2O7S/c1-4-34-21(30)12-35-22-16(26)7-14(8-18(22)33-3)9-19-23(31)28(24(32)36-19)11-20(29)27-17-10-15(25)6-5-13(17)2/h5-10H,4,11-12H2,1-3H3,(H,27,29)/b19-9-. The number of hydrogen-bond acceptors (Lipinski definition) is 8. The number of halogens is 2. The van der Waals surface area contributed by atoms with Crippen molar-refractivity contribution in [2.24, 2.45) is 0 Å². The molecule has 0 saturated carbocycles. The van der Waals surface area contributed by atoms with E-state index >= 15 is 0 Å². The number of aryl methyl sites for hydroxylation is 1. The SMILES string of the molecule is CCOC(=O)COc1c(Cl)cc(/C=C2\SC(=O)N(CC(=O)Nc3cc(Cl)ccc3C)C2=O)cc1OC. The fourth-order valence-electron chi connectivity index (χ4n) is 3.15. The van der Waals surface area contributed by atoms with E-state index in [1.807, 2.05) is 0 Å². The van der Waals surface area contributed by atoms with Crippen molar-refractivity contribution in [2.45, 2.75) is 13.8 Å². The lowest BCUT2D eigenvalue weighted by atomic mass is 10.1. The highest BCUT2D eigenvalue weighted by Crippen LogP contribution is 2.39. The number of rotatable bonds is 9. The molecule has 3 amide bonds. The van der Waals surface area contributed by atoms with Crippen LogP contribution in [-0.4, -0.2) is 54.8 Å². The molecule has 2 aromatic rings. The van der Waals surface area contributed by atoms with Crippen LogP contribution in [0.2, 0.25) is 10.0 Å². The summed E-state index contributed by atoms with van der Waals surface area (Å²) in [4.78, 5) is 50.3. The topological polar surface area (TPSA) is 111 Å². The van der Waals surface area contributed by atoms with Crippen LogP contribution in [0, 0.1) is 6.92 Å². The Morgan fingerprint density at radius 2 is 1.92 bits per heavy atom. The van der Waals surface area contributed by atoms with Crippen LogP contribution in [0.1, 0.15) is 18.1 Å². The fourth-order valence-corrected chi connectivity index (χ4v) is 4.43. The number of imide groups is 1. The van der Waals surface area contributed by atoms with Crippen molar-refractivity contribution in [1.29, 1.82) is 0 Å². The van der Waals surface area contributed by atoms with Crippen LogP contribution < -0.4 is 14.8 Å². The molecule has 12 heteroatoms. The van der Waals surface area contributed by atoms with Crippen LogP contribution in [0.15, 0.2) is 35.2 Å². The molecule has 0 spiro atoms. The minimum absolute atomic E-state index is 0.102. The Morgan fingerprint density at radius 3 is 2.61 bits per heavy atom. The molecule has 1 saturated heterocycles. The van der Waals surface area contributed by atoms with Gasteiger partial charge < -0.3 is 19.5 Å². The number of anilines is 1. The molecular formula is C24H22Cl2N2O7S. The molecule has 0 aliphatic carbocycles. The molecule has 36 heavy (non-hydrogen) atoms. The van der Waals surface area contributed by atoms with E-state index in [4.69, 9.17) is 37.4 Å². The normalized spacial score (nSPS) is 14.2. The highest BCUT2D eigenvalue weighted by molar-refractivity contribution is 8.18. The van der Waals surface area contributed by atoms with Gasteiger partial charge in [-0.3, -0.25) is 19.3 Å². The van der Waals surface area contributed by atoms with Gasteiger partial charge >= 0.3 is 5.97 Å². The number of hydrogen-bond donors (Lipinski definition) is 1. The third-order valence-electron chi connectivity index (χ3n) is 4.84. The molecule has 0 unspecified atom stereocenters. The molecule has 2 aromatic carbocycles. The van der Waals surface area contributed by atoms with Crippen molar-refractivity contribution in [3.8, 4) is 11.5 Å². The number of ether oxygens (including phenoxy) is 3. The van der Waals surface area contributed by atoms with Gasteiger partial charge in [0.2, 0.25) is 5.91 Å². The molecule has 0 radical (unpaired) electrons. The van der Waals surface area contributed by atoms with Gasteiger partial charge in [0.1, 0.15) is 6.54 Å². The van der Waals surface area contributed by atoms with Crippen molar-refractivity contribution in [3.63, 3.8) is 0 Å². The van der Waals surface area contributed by atoms with Gasteiger partial charge in [-0.2, -0.15) is 0 Å². The Bertz CT molecular complexity index is 1250. The maximum atomic E-state index is 12.8. The van der Waals surface area contributed by atoms with Gasteiger partial charge in [-0.25, -0.2) is 4.79 Å². The minimum atomic E-state index is -0.624. The second-order valence-electron chi connectivity index (χ2n) is 7.40. The molecule has 1 N–H and O–H groups in total. The van der Waals surface area contributed by atoms with Gasteiger partial charge in [0.15, 0.2) is 18.1 Å². The Kier molecular flexibility index (Phi) is 9.25. The lowest BCUT2D eigenvalue weighted by Gasteiger charge is -2.14. The zero-order valence-electron chi connectivity index (χ0n) is 19.6. The van der Waals surface area contributed by atoms with E-state index in [0.29, 0.717) is 28.0 Å². The zero-order chi connectivity index (χ0) is 26.4. The molecule has 0 aromatic heterocycles. The zero-order valence-corrected chi connectivity index (χ0v) is 21.9. The van der Waals surface area contributed by atoms with E-state index < -0.39 is 29.6 Å². The predicted molar refractivity (Wildman–Crippen MR) is 138 cm³/mol. The van der Waals surface area contributed by atoms with Gasteiger partial charge in [-0.05, 0) is 67.1 Å². The lowest BCUT2D eigenvalue weighted by Crippen LogP contribution is -2.36. The van der Waals surface area contributed by atoms with E-state index in [0.717, 1.165) is 10.5 Å². The summed E-state index contributed by atoms with van der Waals surface area (Å²) in [5.74, 6) is -1.39. The van der Waals surface area contributed by atoms with Crippen LogP contribution in [0.4, 0.5) is 10.5 Å². The van der Waals surface area contributed by atoms with E-state index in [1.54, 1.807) is 32.0 Å². The molecule has 1 aliphatic heterocycles. The van der Waals surface area contributed by atoms with Crippen LogP contribution in [0.3, 0.4) is 0 Å². The van der Waals surface area contributed by atoms with Crippen LogP contribution in [-0.2, 0) is 19.1 Å². The average Bonchev–Trinajstić information content (AvgIpc) is 3.07. The first-order chi connectivity index (χ1) is 17.1. The quantitative estimate of drug-likeness (QED) is 0.344. The van der Waals surface area contributed by atoms with Crippen LogP contribution in [0.25, 0.3) is 6.08 Å². The van der Waals surface area contributed by atoms with Crippen molar-refractivity contribution in [3.05, 3.63) is 56.4 Å². The summed E-state index contributed by atoms with van der Waals surface area (Å²) in [6, 6.07) is 8.04. The van der Waals surface area contributed by atoms with Gasteiger partial charge in [0.05, 0.1) is 23.6 Å². The summed E-state index contributed by atoms with van der Waals surface area (Å²) in [5.41, 5.74) is 1.72. The summed E-state index contributed by atoms with van der Waals surface area (Å²) in [6.07, 6.45) is 1.45. The Morgan fingerprint density at radius 1 is 1.17 bits per heavy atom. The number of amides is 3. The van der Waals surface area contributed by atoms with Gasteiger partial charge in [0.25, 0.3) is 11.1 Å². The van der Waals surface area contributed by atoms with Crippen molar-refractivity contribution < 1.29 is 33.4 Å². The number of carbonyl (C=O) groups is 4. The predicted octanol–water partition coefficient (Wildman–Crippen LogP) is 4.93. The molecule has 0 bridgehead atoms. The first-order valence-electron chi connectivity index (χ1n) is 10.6. The summed E-state index contributed by atoms with van der Waals surface area (Å²) in [6.45, 7) is 2.86. The number of nitrogens with one attached hydrogen (secondary N) is 1. The largest absolute Gasteiger partial charge is 0.493 e. The highest BCUT2D eigenvalue weighted by atomic mass is 35.5. The summed E-state index contributed by atoms with van der Waals surface area (Å²) in [7, 11) is 1.39. The van der Waals surface area contributed by atoms with Gasteiger partial charge in [-0.15, -0.1) is 0 Å². The molecule has 0 atom stereocenters. The molecule has 9 nitrogen and oxygen atoms in total. The maximum Gasteiger partial charge on any atom is 0.344 e. The van der Waals surface area contributed by atoms with Crippen molar-refractivity contribution in [1.82, 2.24) is 4.90 Å². The number of thioether (sulfide) groups is 1.